The molecule has 0 radical (unpaired) electrons. The fourth-order valence-corrected chi connectivity index (χ4v) is 5.14. The summed E-state index contributed by atoms with van der Waals surface area (Å²) < 4.78 is 5.50. The molecule has 2 atom stereocenters. The van der Waals surface area contributed by atoms with Gasteiger partial charge in [-0.25, -0.2) is 0 Å². The molecule has 2 saturated heterocycles. The lowest BCUT2D eigenvalue weighted by Crippen LogP contribution is -2.57. The minimum atomic E-state index is 0.0147. The molecule has 1 aromatic carbocycles. The number of ether oxygens (including phenoxy) is 1. The third-order valence-corrected chi connectivity index (χ3v) is 7.12. The Bertz CT molecular complexity index is 1020. The fourth-order valence-electron chi connectivity index (χ4n) is 5.14. The molecule has 3 heterocycles. The number of rotatable bonds is 4. The molecule has 1 amide bonds. The zero-order valence-electron chi connectivity index (χ0n) is 19.3. The molecule has 170 valence electrons. The zero-order valence-corrected chi connectivity index (χ0v) is 19.3. The van der Waals surface area contributed by atoms with E-state index in [1.807, 2.05) is 4.90 Å². The quantitative estimate of drug-likeness (QED) is 0.446. The van der Waals surface area contributed by atoms with Gasteiger partial charge in [-0.2, -0.15) is 0 Å². The highest BCUT2D eigenvalue weighted by atomic mass is 16.5. The Hall–Kier alpha value is -2.93. The Labute approximate surface area is 189 Å². The van der Waals surface area contributed by atoms with E-state index in [4.69, 9.17) is 9.94 Å². The van der Waals surface area contributed by atoms with Gasteiger partial charge in [0.05, 0.1) is 18.4 Å². The van der Waals surface area contributed by atoms with Gasteiger partial charge in [0.1, 0.15) is 11.5 Å². The van der Waals surface area contributed by atoms with Crippen LogP contribution in [0.3, 0.4) is 0 Å². The van der Waals surface area contributed by atoms with Crippen molar-refractivity contribution in [1.29, 1.82) is 0 Å². The van der Waals surface area contributed by atoms with E-state index >= 15 is 0 Å². The number of methoxy groups -OCH3 is 1. The summed E-state index contributed by atoms with van der Waals surface area (Å²) >= 11 is 0. The summed E-state index contributed by atoms with van der Waals surface area (Å²) in [6.45, 7) is 8.31. The Morgan fingerprint density at radius 1 is 1.16 bits per heavy atom. The molecular weight excluding hydrogens is 404 g/mol. The monoisotopic (exact) mass is 436 g/mol. The van der Waals surface area contributed by atoms with E-state index in [2.05, 4.69) is 41.0 Å². The van der Waals surface area contributed by atoms with Crippen molar-refractivity contribution in [2.45, 2.75) is 52.1 Å². The first kappa shape index (κ1) is 22.3. The molecule has 0 unspecified atom stereocenters. The van der Waals surface area contributed by atoms with Gasteiger partial charge in [0.2, 0.25) is 0 Å². The minimum absolute atomic E-state index is 0.0147. The lowest BCUT2D eigenvalue weighted by atomic mass is 9.86. The second-order valence-electron chi connectivity index (χ2n) is 8.81. The molecule has 0 bridgehead atoms. The minimum Gasteiger partial charge on any atom is -0.496 e. The van der Waals surface area contributed by atoms with Crippen molar-refractivity contribution >= 4 is 11.6 Å². The smallest absolute Gasteiger partial charge is 0.255 e. The summed E-state index contributed by atoms with van der Waals surface area (Å²) in [6, 6.07) is 8.54. The van der Waals surface area contributed by atoms with Crippen molar-refractivity contribution < 1.29 is 14.7 Å². The third kappa shape index (κ3) is 4.09. The lowest BCUT2D eigenvalue weighted by molar-refractivity contribution is 0.0101. The Morgan fingerprint density at radius 3 is 2.66 bits per heavy atom. The summed E-state index contributed by atoms with van der Waals surface area (Å²) in [5.41, 5.74) is 5.46. The van der Waals surface area contributed by atoms with E-state index in [1.165, 1.54) is 16.7 Å². The van der Waals surface area contributed by atoms with Gasteiger partial charge in [-0.1, -0.05) is 11.2 Å². The van der Waals surface area contributed by atoms with E-state index in [-0.39, 0.29) is 5.91 Å². The average Bonchev–Trinajstić information content (AvgIpc) is 2.84. The molecule has 7 heteroatoms. The third-order valence-electron chi connectivity index (χ3n) is 7.12. The number of carbonyl (C=O) groups is 1. The molecule has 32 heavy (non-hydrogen) atoms. The number of nitrogens with zero attached hydrogens (tertiary/aromatic N) is 4. The molecule has 4 rings (SSSR count). The summed E-state index contributed by atoms with van der Waals surface area (Å²) in [4.78, 5) is 22.0. The van der Waals surface area contributed by atoms with E-state index < -0.39 is 0 Å². The van der Waals surface area contributed by atoms with Crippen LogP contribution in [0, 0.1) is 13.8 Å². The Kier molecular flexibility index (Phi) is 6.46. The van der Waals surface area contributed by atoms with Crippen molar-refractivity contribution in [3.05, 3.63) is 58.4 Å². The predicted molar refractivity (Wildman–Crippen MR) is 124 cm³/mol. The van der Waals surface area contributed by atoms with E-state index in [0.29, 0.717) is 35.6 Å². The average molecular weight is 437 g/mol. The van der Waals surface area contributed by atoms with Crippen molar-refractivity contribution in [3.63, 3.8) is 0 Å². The molecule has 2 fully saturated rings. The molecule has 2 aromatic rings. The van der Waals surface area contributed by atoms with E-state index in [9.17, 15) is 4.79 Å². The molecule has 0 saturated carbocycles. The number of carbonyl (C=O) groups excluding carboxylic acids is 1. The number of hydrogen-bond acceptors (Lipinski definition) is 6. The van der Waals surface area contributed by atoms with Crippen molar-refractivity contribution in [2.24, 2.45) is 5.16 Å². The second-order valence-corrected chi connectivity index (χ2v) is 8.81. The molecule has 2 aliphatic rings. The Balaban J connectivity index is 1.49. The second kappa shape index (κ2) is 9.28. The largest absolute Gasteiger partial charge is 0.496 e. The van der Waals surface area contributed by atoms with Gasteiger partial charge in [0, 0.05) is 37.9 Å². The highest BCUT2D eigenvalue weighted by Crippen LogP contribution is 2.39. The summed E-state index contributed by atoms with van der Waals surface area (Å²) in [7, 11) is 1.72. The number of aromatic nitrogens is 1. The molecule has 0 spiro atoms. The number of hydrogen-bond donors (Lipinski definition) is 1. The molecule has 1 N–H and O–H groups in total. The van der Waals surface area contributed by atoms with Gasteiger partial charge in [0.25, 0.3) is 5.91 Å². The van der Waals surface area contributed by atoms with Crippen LogP contribution < -0.4 is 4.74 Å². The number of pyridine rings is 1. The molecule has 0 aliphatic carbocycles. The van der Waals surface area contributed by atoms with Gasteiger partial charge in [-0.05, 0) is 74.9 Å². The number of piperidine rings is 1. The summed E-state index contributed by atoms with van der Waals surface area (Å²) in [5, 5.41) is 12.1. The van der Waals surface area contributed by atoms with E-state index in [1.54, 1.807) is 32.4 Å². The summed E-state index contributed by atoms with van der Waals surface area (Å²) in [5.74, 6) is 0.954. The first-order valence-corrected chi connectivity index (χ1v) is 11.3. The molecule has 2 aliphatic heterocycles. The standard InChI is InChI=1S/C25H32N4O3/c1-16-17(2)24(32-4)11-9-21(16)23-7-5-6-20-15-28(12-13-29(20)23)25(30)19-8-10-22(26-14-19)18(3)27-31/h8-11,14,20,23,31H,5-7,12-13,15H2,1-4H3/t20-,23+/m0/s1. The van der Waals surface area contributed by atoms with Crippen molar-refractivity contribution in [2.75, 3.05) is 26.7 Å². The topological polar surface area (TPSA) is 78.3 Å². The van der Waals surface area contributed by atoms with Crippen LogP contribution >= 0.6 is 0 Å². The Morgan fingerprint density at radius 2 is 1.97 bits per heavy atom. The van der Waals surface area contributed by atoms with Gasteiger partial charge < -0.3 is 14.8 Å². The maximum Gasteiger partial charge on any atom is 0.255 e. The van der Waals surface area contributed by atoms with Gasteiger partial charge >= 0.3 is 0 Å². The molecular formula is C25H32N4O3. The first-order valence-electron chi connectivity index (χ1n) is 11.3. The normalized spacial score (nSPS) is 21.9. The van der Waals surface area contributed by atoms with Gasteiger partial charge in [0.15, 0.2) is 0 Å². The van der Waals surface area contributed by atoms with Crippen LogP contribution in [0.25, 0.3) is 0 Å². The van der Waals surface area contributed by atoms with Crippen LogP contribution in [-0.4, -0.2) is 64.4 Å². The van der Waals surface area contributed by atoms with E-state index in [0.717, 1.165) is 38.1 Å². The number of oxime groups is 1. The van der Waals surface area contributed by atoms with Crippen LogP contribution in [0.1, 0.15) is 65.0 Å². The maximum absolute atomic E-state index is 13.1. The SMILES string of the molecule is COc1ccc([C@H]2CCC[C@H]3CN(C(=O)c4ccc(C(C)=NO)nc4)CCN32)c(C)c1C. The van der Waals surface area contributed by atoms with Crippen LogP contribution in [-0.2, 0) is 0 Å². The zero-order chi connectivity index (χ0) is 22.8. The molecule has 7 nitrogen and oxygen atoms in total. The molecule has 1 aromatic heterocycles. The number of amides is 1. The highest BCUT2D eigenvalue weighted by Gasteiger charge is 2.37. The number of piperazine rings is 1. The van der Waals surface area contributed by atoms with Crippen LogP contribution in [0.5, 0.6) is 5.75 Å². The van der Waals surface area contributed by atoms with Crippen LogP contribution in [0.15, 0.2) is 35.6 Å². The van der Waals surface area contributed by atoms with Crippen molar-refractivity contribution in [1.82, 2.24) is 14.8 Å². The lowest BCUT2D eigenvalue weighted by Gasteiger charge is -2.48. The van der Waals surface area contributed by atoms with Gasteiger partial charge in [-0.3, -0.25) is 14.7 Å². The first-order chi connectivity index (χ1) is 15.4. The summed E-state index contributed by atoms with van der Waals surface area (Å²) in [6.07, 6.45) is 4.99. The van der Waals surface area contributed by atoms with Crippen LogP contribution in [0.4, 0.5) is 0 Å². The van der Waals surface area contributed by atoms with Gasteiger partial charge in [-0.15, -0.1) is 0 Å². The predicted octanol–water partition coefficient (Wildman–Crippen LogP) is 3.96. The van der Waals surface area contributed by atoms with Crippen LogP contribution in [0.2, 0.25) is 0 Å². The number of fused-ring (bicyclic) bond motifs is 1. The maximum atomic E-state index is 13.1. The fraction of sp³-hybridized carbons (Fsp3) is 0.480. The van der Waals surface area contributed by atoms with Crippen molar-refractivity contribution in [3.8, 4) is 5.75 Å². The number of benzene rings is 1. The highest BCUT2D eigenvalue weighted by molar-refractivity contribution is 5.98.